The van der Waals surface area contributed by atoms with Crippen LogP contribution in [0.4, 0.5) is 4.39 Å². The molecule has 1 aromatic carbocycles. The maximum absolute atomic E-state index is 13.3. The van der Waals surface area contributed by atoms with Crippen LogP contribution >= 0.6 is 11.3 Å². The Kier molecular flexibility index (Phi) is 3.42. The molecule has 2 unspecified atom stereocenters. The van der Waals surface area contributed by atoms with Crippen molar-refractivity contribution in [3.63, 3.8) is 0 Å². The lowest BCUT2D eigenvalue weighted by Gasteiger charge is -2.38. The molecule has 1 aromatic heterocycles. The van der Waals surface area contributed by atoms with Crippen LogP contribution in [0.15, 0.2) is 24.3 Å². The Morgan fingerprint density at radius 2 is 2.00 bits per heavy atom. The lowest BCUT2D eigenvalue weighted by molar-refractivity contribution is 0.00847. The van der Waals surface area contributed by atoms with Crippen LogP contribution in [0.25, 0.3) is 10.1 Å². The normalized spacial score (nSPS) is 27.5. The summed E-state index contributed by atoms with van der Waals surface area (Å²) < 4.78 is 19.8. The molecule has 1 amide bonds. The van der Waals surface area contributed by atoms with Gasteiger partial charge in [0.25, 0.3) is 5.91 Å². The van der Waals surface area contributed by atoms with Gasteiger partial charge in [-0.15, -0.1) is 11.3 Å². The number of hydrogen-bond acceptors (Lipinski definition) is 3. The van der Waals surface area contributed by atoms with Crippen molar-refractivity contribution in [2.75, 3.05) is 7.11 Å². The molecule has 3 nitrogen and oxygen atoms in total. The molecule has 5 heteroatoms. The molecule has 2 atom stereocenters. The Labute approximate surface area is 132 Å². The van der Waals surface area contributed by atoms with E-state index in [1.54, 1.807) is 13.2 Å². The molecule has 2 bridgehead atoms. The third-order valence-electron chi connectivity index (χ3n) is 4.95. The molecule has 0 spiro atoms. The summed E-state index contributed by atoms with van der Waals surface area (Å²) in [6.45, 7) is 0. The van der Waals surface area contributed by atoms with E-state index in [1.165, 1.54) is 23.5 Å². The van der Waals surface area contributed by atoms with Gasteiger partial charge in [0, 0.05) is 23.9 Å². The first-order chi connectivity index (χ1) is 10.7. The maximum atomic E-state index is 13.3. The van der Waals surface area contributed by atoms with Gasteiger partial charge in [0.15, 0.2) is 0 Å². The zero-order chi connectivity index (χ0) is 15.3. The number of benzene rings is 1. The monoisotopic (exact) mass is 319 g/mol. The summed E-state index contributed by atoms with van der Waals surface area (Å²) >= 11 is 1.46. The highest BCUT2D eigenvalue weighted by atomic mass is 32.1. The fourth-order valence-corrected chi connectivity index (χ4v) is 4.89. The molecule has 0 N–H and O–H groups in total. The van der Waals surface area contributed by atoms with Crippen molar-refractivity contribution >= 4 is 27.3 Å². The molecule has 3 heterocycles. The van der Waals surface area contributed by atoms with E-state index in [9.17, 15) is 9.18 Å². The predicted molar refractivity (Wildman–Crippen MR) is 84.8 cm³/mol. The Morgan fingerprint density at radius 1 is 1.27 bits per heavy atom. The number of nitrogens with zero attached hydrogens (tertiary/aromatic N) is 1. The van der Waals surface area contributed by atoms with Crippen molar-refractivity contribution in [1.82, 2.24) is 4.90 Å². The minimum absolute atomic E-state index is 0.101. The zero-order valence-corrected chi connectivity index (χ0v) is 13.2. The summed E-state index contributed by atoms with van der Waals surface area (Å²) in [5, 5.41) is 0.812. The fraction of sp³-hybridized carbons (Fsp3) is 0.471. The van der Waals surface area contributed by atoms with E-state index < -0.39 is 0 Å². The van der Waals surface area contributed by atoms with Gasteiger partial charge in [0.05, 0.1) is 11.0 Å². The standard InChI is InChI=1S/C17H18FNO2S/c1-21-14-8-12-3-4-13(9-14)19(12)17(20)16-7-10-6-11(18)2-5-15(10)22-16/h2,5-7,12-14H,3-4,8-9H2,1H3. The van der Waals surface area contributed by atoms with Gasteiger partial charge < -0.3 is 9.64 Å². The molecule has 2 aliphatic rings. The van der Waals surface area contributed by atoms with Gasteiger partial charge in [0.2, 0.25) is 0 Å². The van der Waals surface area contributed by atoms with E-state index >= 15 is 0 Å². The lowest BCUT2D eigenvalue weighted by atomic mass is 9.99. The van der Waals surface area contributed by atoms with E-state index in [1.807, 2.05) is 6.07 Å². The molecule has 0 radical (unpaired) electrons. The van der Waals surface area contributed by atoms with E-state index in [0.717, 1.165) is 35.8 Å². The number of methoxy groups -OCH3 is 1. The second-order valence-corrected chi connectivity index (χ2v) is 7.30. The quantitative estimate of drug-likeness (QED) is 0.842. The molecule has 2 saturated heterocycles. The largest absolute Gasteiger partial charge is 0.381 e. The Morgan fingerprint density at radius 3 is 2.68 bits per heavy atom. The number of fused-ring (bicyclic) bond motifs is 3. The summed E-state index contributed by atoms with van der Waals surface area (Å²) in [7, 11) is 1.75. The van der Waals surface area contributed by atoms with Crippen molar-refractivity contribution in [2.45, 2.75) is 43.9 Å². The van der Waals surface area contributed by atoms with Crippen LogP contribution in [-0.2, 0) is 4.74 Å². The average Bonchev–Trinajstić information content (AvgIpc) is 3.04. The smallest absolute Gasteiger partial charge is 0.264 e. The fourth-order valence-electron chi connectivity index (χ4n) is 3.90. The first kappa shape index (κ1) is 14.2. The zero-order valence-electron chi connectivity index (χ0n) is 12.4. The molecule has 2 aromatic rings. The van der Waals surface area contributed by atoms with Crippen LogP contribution in [0.1, 0.15) is 35.4 Å². The van der Waals surface area contributed by atoms with Crippen molar-refractivity contribution in [2.24, 2.45) is 0 Å². The van der Waals surface area contributed by atoms with Crippen molar-refractivity contribution < 1.29 is 13.9 Å². The van der Waals surface area contributed by atoms with Gasteiger partial charge in [-0.05, 0) is 55.3 Å². The van der Waals surface area contributed by atoms with Crippen LogP contribution in [0.5, 0.6) is 0 Å². The lowest BCUT2D eigenvalue weighted by Crippen LogP contribution is -2.48. The summed E-state index contributed by atoms with van der Waals surface area (Å²) in [4.78, 5) is 15.7. The van der Waals surface area contributed by atoms with Crippen molar-refractivity contribution in [3.05, 3.63) is 35.0 Å². The van der Waals surface area contributed by atoms with E-state index in [0.29, 0.717) is 4.88 Å². The highest BCUT2D eigenvalue weighted by molar-refractivity contribution is 7.20. The minimum atomic E-state index is -0.259. The van der Waals surface area contributed by atoms with Crippen LogP contribution in [0.2, 0.25) is 0 Å². The molecular formula is C17H18FNO2S. The summed E-state index contributed by atoms with van der Waals surface area (Å²) in [6, 6.07) is 7.09. The predicted octanol–water partition coefficient (Wildman–Crippen LogP) is 3.82. The molecular weight excluding hydrogens is 301 g/mol. The van der Waals surface area contributed by atoms with Gasteiger partial charge in [-0.25, -0.2) is 4.39 Å². The number of rotatable bonds is 2. The van der Waals surface area contributed by atoms with Gasteiger partial charge in [0.1, 0.15) is 5.82 Å². The van der Waals surface area contributed by atoms with Gasteiger partial charge >= 0.3 is 0 Å². The summed E-state index contributed by atoms with van der Waals surface area (Å²) in [5.74, 6) is -0.158. The molecule has 116 valence electrons. The van der Waals surface area contributed by atoms with E-state index in [4.69, 9.17) is 4.74 Å². The maximum Gasteiger partial charge on any atom is 0.264 e. The highest BCUT2D eigenvalue weighted by Crippen LogP contribution is 2.39. The van der Waals surface area contributed by atoms with Crippen LogP contribution in [-0.4, -0.2) is 36.1 Å². The van der Waals surface area contributed by atoms with Gasteiger partial charge in [-0.1, -0.05) is 0 Å². The van der Waals surface area contributed by atoms with Crippen molar-refractivity contribution in [3.8, 4) is 0 Å². The topological polar surface area (TPSA) is 29.5 Å². The first-order valence-corrected chi connectivity index (χ1v) is 8.52. The Balaban J connectivity index is 1.63. The first-order valence-electron chi connectivity index (χ1n) is 7.70. The minimum Gasteiger partial charge on any atom is -0.381 e. The SMILES string of the molecule is COC1CC2CCC(C1)N2C(=O)c1cc2cc(F)ccc2s1. The van der Waals surface area contributed by atoms with Gasteiger partial charge in [-0.3, -0.25) is 4.79 Å². The molecule has 2 fully saturated rings. The molecule has 22 heavy (non-hydrogen) atoms. The van der Waals surface area contributed by atoms with Crippen LogP contribution in [0.3, 0.4) is 0 Å². The van der Waals surface area contributed by atoms with Crippen LogP contribution in [0, 0.1) is 5.82 Å². The third kappa shape index (κ3) is 2.23. The number of amides is 1. The summed E-state index contributed by atoms with van der Waals surface area (Å²) in [6.07, 6.45) is 4.26. The number of halogens is 1. The van der Waals surface area contributed by atoms with E-state index in [2.05, 4.69) is 4.90 Å². The van der Waals surface area contributed by atoms with Crippen molar-refractivity contribution in [1.29, 1.82) is 0 Å². The number of thiophene rings is 1. The number of piperidine rings is 1. The van der Waals surface area contributed by atoms with Crippen LogP contribution < -0.4 is 0 Å². The number of carbonyl (C=O) groups is 1. The average molecular weight is 319 g/mol. The number of hydrogen-bond donors (Lipinski definition) is 0. The Bertz CT molecular complexity index is 715. The molecule has 0 saturated carbocycles. The highest BCUT2D eigenvalue weighted by Gasteiger charge is 2.43. The molecule has 2 aliphatic heterocycles. The second-order valence-electron chi connectivity index (χ2n) is 6.22. The second kappa shape index (κ2) is 5.32. The summed E-state index contributed by atoms with van der Waals surface area (Å²) in [5.41, 5.74) is 0. The van der Waals surface area contributed by atoms with Gasteiger partial charge in [-0.2, -0.15) is 0 Å². The Hall–Kier alpha value is -1.46. The number of ether oxygens (including phenoxy) is 1. The number of carbonyl (C=O) groups excluding carboxylic acids is 1. The third-order valence-corrected chi connectivity index (χ3v) is 6.05. The molecule has 4 rings (SSSR count). The van der Waals surface area contributed by atoms with E-state index in [-0.39, 0.29) is 29.9 Å². The molecule has 0 aliphatic carbocycles.